The number of aromatic nitrogens is 1. The molecule has 3 atom stereocenters. The van der Waals surface area contributed by atoms with Crippen LogP contribution >= 0.6 is 11.6 Å². The molecule has 0 spiro atoms. The lowest BCUT2D eigenvalue weighted by Crippen LogP contribution is -2.39. The summed E-state index contributed by atoms with van der Waals surface area (Å²) in [5.41, 5.74) is 1.86. The third-order valence-corrected chi connectivity index (χ3v) is 11.1. The zero-order valence-corrected chi connectivity index (χ0v) is 33.3. The number of nitrogens with one attached hydrogen (secondary N) is 1. The van der Waals surface area contributed by atoms with Gasteiger partial charge >= 0.3 is 18.2 Å². The molecule has 13 nitrogen and oxygen atoms in total. The van der Waals surface area contributed by atoms with Gasteiger partial charge in [-0.3, -0.25) is 9.59 Å². The summed E-state index contributed by atoms with van der Waals surface area (Å²) >= 11 is 6.52. The van der Waals surface area contributed by atoms with Gasteiger partial charge in [0.15, 0.2) is 0 Å². The third kappa shape index (κ3) is 8.89. The summed E-state index contributed by atoms with van der Waals surface area (Å²) in [6.07, 6.45) is 3.78. The van der Waals surface area contributed by atoms with Crippen LogP contribution in [0.1, 0.15) is 54.6 Å². The number of aliphatic carboxylic acids is 1. The first-order chi connectivity index (χ1) is 26.8. The molecule has 0 unspecified atom stereocenters. The molecule has 0 fully saturated rings. The van der Waals surface area contributed by atoms with E-state index < -0.39 is 29.7 Å². The van der Waals surface area contributed by atoms with Crippen LogP contribution in [0.15, 0.2) is 66.7 Å². The number of fused-ring (bicyclic) bond motifs is 4. The molecule has 1 aliphatic carbocycles. The fraction of sp³-hybridized carbons (Fsp3) is 0.429. The second kappa shape index (κ2) is 17.3. The van der Waals surface area contributed by atoms with Crippen LogP contribution in [0.4, 0.5) is 15.3 Å². The number of amides is 3. The van der Waals surface area contributed by atoms with Crippen molar-refractivity contribution in [3.63, 3.8) is 0 Å². The molecule has 14 heteroatoms. The van der Waals surface area contributed by atoms with E-state index in [4.69, 9.17) is 25.8 Å². The number of hydrogen-bond donors (Lipinski definition) is 2. The lowest BCUT2D eigenvalue weighted by atomic mass is 9.79. The molecule has 1 aromatic heterocycles. The van der Waals surface area contributed by atoms with Crippen molar-refractivity contribution in [1.29, 1.82) is 0 Å². The van der Waals surface area contributed by atoms with Gasteiger partial charge in [-0.1, -0.05) is 30.3 Å². The van der Waals surface area contributed by atoms with Crippen molar-refractivity contribution in [3.8, 4) is 11.5 Å². The Morgan fingerprint density at radius 2 is 1.68 bits per heavy atom. The van der Waals surface area contributed by atoms with Crippen LogP contribution in [0.5, 0.6) is 11.5 Å². The van der Waals surface area contributed by atoms with Gasteiger partial charge in [0.1, 0.15) is 29.9 Å². The van der Waals surface area contributed by atoms with Gasteiger partial charge in [0.25, 0.3) is 5.91 Å². The van der Waals surface area contributed by atoms with Crippen molar-refractivity contribution in [2.45, 2.75) is 44.6 Å². The second-order valence-corrected chi connectivity index (χ2v) is 15.5. The van der Waals surface area contributed by atoms with Gasteiger partial charge < -0.3 is 43.9 Å². The average Bonchev–Trinajstić information content (AvgIpc) is 3.77. The molecular formula is C42H50ClN5O8. The molecule has 298 valence electrons. The van der Waals surface area contributed by atoms with E-state index in [1.54, 1.807) is 38.1 Å². The maximum absolute atomic E-state index is 14.2. The van der Waals surface area contributed by atoms with Crippen molar-refractivity contribution in [1.82, 2.24) is 19.7 Å². The second-order valence-electron chi connectivity index (χ2n) is 15.2. The Hall–Kier alpha value is -5.27. The minimum atomic E-state index is -0.877. The van der Waals surface area contributed by atoms with Gasteiger partial charge in [-0.2, -0.15) is 0 Å². The number of carbonyl (C=O) groups is 4. The van der Waals surface area contributed by atoms with Gasteiger partial charge in [0.05, 0.1) is 11.1 Å². The number of likely N-dealkylation sites (N-methyl/N-ethyl adjacent to an activating group) is 3. The van der Waals surface area contributed by atoms with E-state index >= 15 is 0 Å². The highest BCUT2D eigenvalue weighted by Gasteiger charge is 2.37. The van der Waals surface area contributed by atoms with E-state index in [-0.39, 0.29) is 36.5 Å². The Morgan fingerprint density at radius 1 is 0.946 bits per heavy atom. The van der Waals surface area contributed by atoms with Crippen LogP contribution in [0.3, 0.4) is 0 Å². The summed E-state index contributed by atoms with van der Waals surface area (Å²) in [5, 5.41) is 12.1. The quantitative estimate of drug-likeness (QED) is 0.111. The highest BCUT2D eigenvalue weighted by Crippen LogP contribution is 2.46. The van der Waals surface area contributed by atoms with E-state index in [9.17, 15) is 24.3 Å². The summed E-state index contributed by atoms with van der Waals surface area (Å²) in [5.74, 6) is 0.0503. The van der Waals surface area contributed by atoms with Crippen molar-refractivity contribution < 1.29 is 38.5 Å². The molecular weight excluding hydrogens is 738 g/mol. The maximum atomic E-state index is 14.2. The van der Waals surface area contributed by atoms with E-state index in [0.717, 1.165) is 34.1 Å². The number of carboxylic acids is 1. The lowest BCUT2D eigenvalue weighted by Gasteiger charge is -2.29. The van der Waals surface area contributed by atoms with Crippen LogP contribution in [-0.2, 0) is 9.53 Å². The summed E-state index contributed by atoms with van der Waals surface area (Å²) < 4.78 is 17.6. The Bertz CT molecular complexity index is 2130. The normalized spacial score (nSPS) is 19.9. The first kappa shape index (κ1) is 40.4. The number of allylic oxidation sites excluding steroid dienone is 1. The average molecular weight is 788 g/mol. The molecule has 56 heavy (non-hydrogen) atoms. The van der Waals surface area contributed by atoms with Crippen molar-refractivity contribution in [2.75, 3.05) is 71.8 Å². The molecule has 2 N–H and O–H groups in total. The Balaban J connectivity index is 1.15. The molecule has 3 amide bonds. The molecule has 6 rings (SSSR count). The van der Waals surface area contributed by atoms with Gasteiger partial charge in [-0.05, 0) is 88.0 Å². The van der Waals surface area contributed by atoms with Crippen molar-refractivity contribution >= 4 is 63.0 Å². The maximum Gasteiger partial charge on any atom is 0.415 e. The molecule has 2 aliphatic rings. The summed E-state index contributed by atoms with van der Waals surface area (Å²) in [6, 6.07) is 16.8. The van der Waals surface area contributed by atoms with Crippen LogP contribution < -0.4 is 14.4 Å². The molecule has 0 saturated heterocycles. The number of hydrogen-bond acceptors (Lipinski definition) is 8. The predicted octanol–water partition coefficient (Wildman–Crippen LogP) is 7.33. The third-order valence-electron chi connectivity index (χ3n) is 10.7. The van der Waals surface area contributed by atoms with Crippen molar-refractivity contribution in [2.24, 2.45) is 5.41 Å². The zero-order valence-electron chi connectivity index (χ0n) is 32.5. The monoisotopic (exact) mass is 787 g/mol. The van der Waals surface area contributed by atoms with E-state index in [1.807, 2.05) is 73.6 Å². The topological polar surface area (TPSA) is 145 Å². The smallest absolute Gasteiger partial charge is 0.415 e. The summed E-state index contributed by atoms with van der Waals surface area (Å²) in [4.78, 5) is 62.2. The minimum absolute atomic E-state index is 0.145. The summed E-state index contributed by atoms with van der Waals surface area (Å²) in [6.45, 7) is 3.69. The van der Waals surface area contributed by atoms with E-state index in [0.29, 0.717) is 55.6 Å². The Labute approximate surface area is 331 Å². The number of benzene rings is 3. The Kier molecular flexibility index (Phi) is 12.4. The number of anilines is 1. The zero-order chi connectivity index (χ0) is 40.1. The standard InChI is InChI=1S/C42H50ClN5O8/c1-42(39(50)51)16-9-8-10-29(15-17-42)55-40(52)46(4)18-19-47(5)41(53)56-36-24-35-37(32-12-7-6-11-31(32)36)28(25-43)26-48(35)38(49)34-23-27-22-30(13-14-33(27)44-34)54-21-20-45(2)3/h6-8,10-14,22-24,28-29,44H,9,15-21,25-26H2,1-5H3,(H,50,51)/b10-8+/t28-,29+,42-/m1/s1. The number of ether oxygens (including phenoxy) is 3. The first-order valence-corrected chi connectivity index (χ1v) is 19.4. The number of alkyl halides is 1. The minimum Gasteiger partial charge on any atom is -0.492 e. The highest BCUT2D eigenvalue weighted by molar-refractivity contribution is 6.19. The van der Waals surface area contributed by atoms with Gasteiger partial charge in [-0.25, -0.2) is 9.59 Å². The van der Waals surface area contributed by atoms with Crippen LogP contribution in [-0.4, -0.2) is 122 Å². The molecule has 0 radical (unpaired) electrons. The van der Waals surface area contributed by atoms with Crippen molar-refractivity contribution in [3.05, 3.63) is 78.0 Å². The number of rotatable bonds is 12. The first-order valence-electron chi connectivity index (χ1n) is 18.9. The summed E-state index contributed by atoms with van der Waals surface area (Å²) in [7, 11) is 7.13. The van der Waals surface area contributed by atoms with Crippen LogP contribution in [0, 0.1) is 5.41 Å². The molecule has 0 saturated carbocycles. The molecule has 0 bridgehead atoms. The number of halogens is 1. The van der Waals surface area contributed by atoms with Gasteiger partial charge in [0.2, 0.25) is 0 Å². The molecule has 4 aromatic rings. The Morgan fingerprint density at radius 3 is 2.39 bits per heavy atom. The fourth-order valence-electron chi connectivity index (χ4n) is 7.14. The van der Waals surface area contributed by atoms with Gasteiger partial charge in [-0.15, -0.1) is 11.6 Å². The number of H-pyrrole nitrogens is 1. The lowest BCUT2D eigenvalue weighted by molar-refractivity contribution is -0.149. The fourth-order valence-corrected chi connectivity index (χ4v) is 7.39. The van der Waals surface area contributed by atoms with Crippen LogP contribution in [0.2, 0.25) is 0 Å². The molecule has 3 aromatic carbocycles. The van der Waals surface area contributed by atoms with E-state index in [2.05, 4.69) is 4.98 Å². The number of aromatic amines is 1. The van der Waals surface area contributed by atoms with E-state index in [1.165, 1.54) is 9.80 Å². The molecule has 1 aliphatic heterocycles. The number of nitrogens with zero attached hydrogens (tertiary/aromatic N) is 4. The van der Waals surface area contributed by atoms with Gasteiger partial charge in [0, 0.05) is 74.4 Å². The number of carboxylic acid groups (broad SMARTS) is 1. The highest BCUT2D eigenvalue weighted by atomic mass is 35.5. The van der Waals surface area contributed by atoms with Crippen LogP contribution in [0.25, 0.3) is 21.7 Å². The molecule has 2 heterocycles. The SMILES string of the molecule is CN(C)CCOc1ccc2[nH]c(C(=O)N3C[C@@H](CCl)c4c3cc(OC(=O)N(C)CCN(C)C(=O)O[C@H]3/C=C/CC[C@@](C)(C(=O)O)CC3)c3ccccc43)cc2c1. The largest absolute Gasteiger partial charge is 0.492 e. The number of carbonyl (C=O) groups excluding carboxylic acids is 3. The predicted molar refractivity (Wildman–Crippen MR) is 216 cm³/mol.